The number of rotatable bonds is 4. The monoisotopic (exact) mass is 302 g/mol. The fourth-order valence-electron chi connectivity index (χ4n) is 2.17. The normalized spacial score (nSPS) is 11.1. The van der Waals surface area contributed by atoms with Crippen molar-refractivity contribution in [1.82, 2.24) is 9.78 Å². The van der Waals surface area contributed by atoms with Crippen LogP contribution in [0.3, 0.4) is 0 Å². The van der Waals surface area contributed by atoms with Crippen LogP contribution in [0.5, 0.6) is 0 Å². The SMILES string of the molecule is Cc1cc(SCc2ccc3oc(C(=O)O)cc3c2)n(C)n1. The lowest BCUT2D eigenvalue weighted by atomic mass is 10.2. The molecule has 0 amide bonds. The molecule has 6 heteroatoms. The molecule has 0 spiro atoms. The van der Waals surface area contributed by atoms with E-state index in [9.17, 15) is 4.79 Å². The molecule has 0 aliphatic rings. The lowest BCUT2D eigenvalue weighted by Gasteiger charge is -2.02. The van der Waals surface area contributed by atoms with E-state index in [0.717, 1.165) is 27.4 Å². The molecule has 21 heavy (non-hydrogen) atoms. The second-order valence-electron chi connectivity index (χ2n) is 4.82. The highest BCUT2D eigenvalue weighted by Gasteiger charge is 2.11. The van der Waals surface area contributed by atoms with Crippen molar-refractivity contribution in [2.45, 2.75) is 17.7 Å². The smallest absolute Gasteiger partial charge is 0.371 e. The van der Waals surface area contributed by atoms with E-state index in [0.29, 0.717) is 5.58 Å². The first-order valence-corrected chi connectivity index (χ1v) is 7.41. The maximum Gasteiger partial charge on any atom is 0.371 e. The first-order valence-electron chi connectivity index (χ1n) is 6.42. The number of benzene rings is 1. The molecule has 0 bridgehead atoms. The van der Waals surface area contributed by atoms with Crippen LogP contribution in [0, 0.1) is 6.92 Å². The lowest BCUT2D eigenvalue weighted by Crippen LogP contribution is -1.92. The van der Waals surface area contributed by atoms with E-state index in [1.807, 2.05) is 42.9 Å². The van der Waals surface area contributed by atoms with E-state index in [1.165, 1.54) is 0 Å². The average Bonchev–Trinajstić information content (AvgIpc) is 2.99. The number of aromatic carboxylic acids is 1. The predicted octanol–water partition coefficient (Wildman–Crippen LogP) is 3.47. The third-order valence-electron chi connectivity index (χ3n) is 3.14. The number of carboxylic acid groups (broad SMARTS) is 1. The molecule has 0 aliphatic carbocycles. The molecule has 3 aromatic rings. The second-order valence-corrected chi connectivity index (χ2v) is 5.82. The molecular weight excluding hydrogens is 288 g/mol. The summed E-state index contributed by atoms with van der Waals surface area (Å²) in [6, 6.07) is 9.32. The zero-order valence-electron chi connectivity index (χ0n) is 11.7. The van der Waals surface area contributed by atoms with Gasteiger partial charge in [-0.2, -0.15) is 5.10 Å². The van der Waals surface area contributed by atoms with E-state index in [2.05, 4.69) is 5.10 Å². The molecule has 1 N–H and O–H groups in total. The van der Waals surface area contributed by atoms with Crippen LogP contribution >= 0.6 is 11.8 Å². The zero-order chi connectivity index (χ0) is 15.0. The number of carbonyl (C=O) groups is 1. The van der Waals surface area contributed by atoms with E-state index in [-0.39, 0.29) is 5.76 Å². The van der Waals surface area contributed by atoms with Gasteiger partial charge in [0.05, 0.1) is 10.7 Å². The maximum absolute atomic E-state index is 10.9. The van der Waals surface area contributed by atoms with Crippen molar-refractivity contribution in [3.63, 3.8) is 0 Å². The van der Waals surface area contributed by atoms with Gasteiger partial charge in [-0.05, 0) is 36.8 Å². The Morgan fingerprint density at radius 1 is 1.38 bits per heavy atom. The number of hydrogen-bond donors (Lipinski definition) is 1. The minimum absolute atomic E-state index is 0.0305. The summed E-state index contributed by atoms with van der Waals surface area (Å²) in [6.45, 7) is 1.97. The van der Waals surface area contributed by atoms with Crippen molar-refractivity contribution >= 4 is 28.7 Å². The van der Waals surface area contributed by atoms with Crippen LogP contribution in [-0.4, -0.2) is 20.9 Å². The molecular formula is C15H14N2O3S. The van der Waals surface area contributed by atoms with Gasteiger partial charge in [0.1, 0.15) is 5.58 Å². The lowest BCUT2D eigenvalue weighted by molar-refractivity contribution is 0.0665. The number of hydrogen-bond acceptors (Lipinski definition) is 4. The molecule has 0 saturated heterocycles. The number of thioether (sulfide) groups is 1. The molecule has 3 rings (SSSR count). The van der Waals surface area contributed by atoms with Gasteiger partial charge < -0.3 is 9.52 Å². The van der Waals surface area contributed by atoms with Crippen LogP contribution < -0.4 is 0 Å². The topological polar surface area (TPSA) is 68.3 Å². The van der Waals surface area contributed by atoms with Crippen LogP contribution in [0.4, 0.5) is 0 Å². The number of aryl methyl sites for hydroxylation is 2. The van der Waals surface area contributed by atoms with Gasteiger partial charge in [0, 0.05) is 18.2 Å². The fraction of sp³-hybridized carbons (Fsp3) is 0.200. The Morgan fingerprint density at radius 3 is 2.86 bits per heavy atom. The van der Waals surface area contributed by atoms with E-state index < -0.39 is 5.97 Å². The Balaban J connectivity index is 1.81. The number of furan rings is 1. The van der Waals surface area contributed by atoms with Crippen LogP contribution in [0.1, 0.15) is 21.8 Å². The first-order chi connectivity index (χ1) is 10.0. The maximum atomic E-state index is 10.9. The van der Waals surface area contributed by atoms with Crippen molar-refractivity contribution in [2.24, 2.45) is 7.05 Å². The summed E-state index contributed by atoms with van der Waals surface area (Å²) in [6.07, 6.45) is 0. The number of carboxylic acids is 1. The van der Waals surface area contributed by atoms with Crippen molar-refractivity contribution < 1.29 is 14.3 Å². The minimum atomic E-state index is -1.05. The highest BCUT2D eigenvalue weighted by Crippen LogP contribution is 2.26. The Morgan fingerprint density at radius 2 is 2.19 bits per heavy atom. The third kappa shape index (κ3) is 2.80. The molecule has 2 heterocycles. The summed E-state index contributed by atoms with van der Waals surface area (Å²) in [5.41, 5.74) is 2.71. The molecule has 1 aromatic carbocycles. The van der Waals surface area contributed by atoms with E-state index in [1.54, 1.807) is 17.8 Å². The van der Waals surface area contributed by atoms with Crippen LogP contribution in [0.15, 0.2) is 39.8 Å². The Labute approximate surface area is 125 Å². The molecule has 2 aromatic heterocycles. The highest BCUT2D eigenvalue weighted by molar-refractivity contribution is 7.98. The van der Waals surface area contributed by atoms with Crippen molar-refractivity contribution in [2.75, 3.05) is 0 Å². The van der Waals surface area contributed by atoms with Crippen molar-refractivity contribution in [3.8, 4) is 0 Å². The fourth-order valence-corrected chi connectivity index (χ4v) is 3.14. The second kappa shape index (κ2) is 5.29. The Bertz CT molecular complexity index is 820. The van der Waals surface area contributed by atoms with Crippen LogP contribution in [-0.2, 0) is 12.8 Å². The Hall–Kier alpha value is -2.21. The average molecular weight is 302 g/mol. The van der Waals surface area contributed by atoms with Gasteiger partial charge in [-0.3, -0.25) is 4.68 Å². The number of aromatic nitrogens is 2. The molecule has 0 aliphatic heterocycles. The van der Waals surface area contributed by atoms with Gasteiger partial charge in [-0.1, -0.05) is 6.07 Å². The van der Waals surface area contributed by atoms with Gasteiger partial charge >= 0.3 is 5.97 Å². The molecule has 0 atom stereocenters. The minimum Gasteiger partial charge on any atom is -0.475 e. The van der Waals surface area contributed by atoms with Crippen LogP contribution in [0.2, 0.25) is 0 Å². The third-order valence-corrected chi connectivity index (χ3v) is 4.29. The van der Waals surface area contributed by atoms with Gasteiger partial charge in [0.25, 0.3) is 0 Å². The number of fused-ring (bicyclic) bond motifs is 1. The molecule has 0 saturated carbocycles. The van der Waals surface area contributed by atoms with Gasteiger partial charge in [-0.25, -0.2) is 4.79 Å². The number of nitrogens with zero attached hydrogens (tertiary/aromatic N) is 2. The molecule has 0 fully saturated rings. The predicted molar refractivity (Wildman–Crippen MR) is 80.7 cm³/mol. The summed E-state index contributed by atoms with van der Waals surface area (Å²) in [4.78, 5) is 10.9. The van der Waals surface area contributed by atoms with Crippen LogP contribution in [0.25, 0.3) is 11.0 Å². The quantitative estimate of drug-likeness (QED) is 0.747. The summed E-state index contributed by atoms with van der Waals surface area (Å²) in [5, 5.41) is 15.2. The van der Waals surface area contributed by atoms with E-state index in [4.69, 9.17) is 9.52 Å². The first kappa shape index (κ1) is 13.8. The highest BCUT2D eigenvalue weighted by atomic mass is 32.2. The van der Waals surface area contributed by atoms with Gasteiger partial charge in [-0.15, -0.1) is 11.8 Å². The van der Waals surface area contributed by atoms with Crippen molar-refractivity contribution in [1.29, 1.82) is 0 Å². The molecule has 0 radical (unpaired) electrons. The summed E-state index contributed by atoms with van der Waals surface area (Å²) < 4.78 is 7.11. The zero-order valence-corrected chi connectivity index (χ0v) is 12.5. The summed E-state index contributed by atoms with van der Waals surface area (Å²) >= 11 is 1.70. The largest absolute Gasteiger partial charge is 0.475 e. The van der Waals surface area contributed by atoms with Gasteiger partial charge in [0.2, 0.25) is 5.76 Å². The molecule has 0 unspecified atom stereocenters. The van der Waals surface area contributed by atoms with Gasteiger partial charge in [0.15, 0.2) is 0 Å². The van der Waals surface area contributed by atoms with E-state index >= 15 is 0 Å². The summed E-state index contributed by atoms with van der Waals surface area (Å²) in [7, 11) is 1.92. The molecule has 5 nitrogen and oxygen atoms in total. The Kier molecular flexibility index (Phi) is 3.47. The summed E-state index contributed by atoms with van der Waals surface area (Å²) in [5.74, 6) is -0.285. The molecule has 108 valence electrons. The van der Waals surface area contributed by atoms with Crippen molar-refractivity contribution in [3.05, 3.63) is 47.3 Å². The standard InChI is InChI=1S/C15H14N2O3S/c1-9-5-14(17(2)16-9)21-8-10-3-4-12-11(6-10)7-13(20-12)15(18)19/h3-7H,8H2,1-2H3,(H,18,19).